The number of rotatable bonds is 6. The van der Waals surface area contributed by atoms with Crippen LogP contribution in [0, 0.1) is 5.41 Å². The number of alkyl halides is 3. The van der Waals surface area contributed by atoms with E-state index in [0.29, 0.717) is 18.3 Å². The highest BCUT2D eigenvalue weighted by Crippen LogP contribution is 2.38. The van der Waals surface area contributed by atoms with Gasteiger partial charge in [-0.3, -0.25) is 9.10 Å². The van der Waals surface area contributed by atoms with Crippen molar-refractivity contribution >= 4 is 15.9 Å². The summed E-state index contributed by atoms with van der Waals surface area (Å²) in [6, 6.07) is 2.08. The van der Waals surface area contributed by atoms with Gasteiger partial charge in [0.1, 0.15) is 6.04 Å². The molecule has 10 nitrogen and oxygen atoms in total. The molecule has 1 aromatic carbocycles. The molecule has 42 heavy (non-hydrogen) atoms. The lowest BCUT2D eigenvalue weighted by Crippen LogP contribution is -2.50. The lowest BCUT2D eigenvalue weighted by atomic mass is 9.84. The Morgan fingerprint density at radius 3 is 2.67 bits per heavy atom. The molecule has 1 aromatic heterocycles. The van der Waals surface area contributed by atoms with Gasteiger partial charge in [-0.25, -0.2) is 13.1 Å². The Morgan fingerprint density at radius 2 is 1.95 bits per heavy atom. The van der Waals surface area contributed by atoms with Crippen LogP contribution in [-0.4, -0.2) is 57.3 Å². The number of halogens is 3. The minimum absolute atomic E-state index is 0.0837. The maximum Gasteiger partial charge on any atom is 0.416 e. The van der Waals surface area contributed by atoms with Gasteiger partial charge in [0.25, 0.3) is 10.0 Å². The second kappa shape index (κ2) is 10.9. The van der Waals surface area contributed by atoms with Gasteiger partial charge in [-0.15, -0.1) is 5.10 Å². The number of nitrogens with zero attached hydrogens (tertiary/aromatic N) is 5. The number of amides is 1. The van der Waals surface area contributed by atoms with Crippen LogP contribution in [0.15, 0.2) is 71.2 Å². The average Bonchev–Trinajstić information content (AvgIpc) is 3.40. The van der Waals surface area contributed by atoms with Gasteiger partial charge in [0.2, 0.25) is 5.91 Å². The molecule has 0 saturated heterocycles. The monoisotopic (exact) mass is 605 g/mol. The van der Waals surface area contributed by atoms with E-state index in [-0.39, 0.29) is 24.0 Å². The van der Waals surface area contributed by atoms with Gasteiger partial charge in [0.15, 0.2) is 0 Å². The van der Waals surface area contributed by atoms with Crippen LogP contribution >= 0.6 is 0 Å². The summed E-state index contributed by atoms with van der Waals surface area (Å²) in [4.78, 5) is 14.4. The van der Waals surface area contributed by atoms with Crippen molar-refractivity contribution in [2.45, 2.75) is 75.8 Å². The average molecular weight is 606 g/mol. The quantitative estimate of drug-likeness (QED) is 0.515. The number of hydrogen-bond acceptors (Lipinski definition) is 7. The number of allylic oxidation sites excluding steroid dienone is 2. The third-order valence-corrected chi connectivity index (χ3v) is 9.66. The normalized spacial score (nSPS) is 22.3. The lowest BCUT2D eigenvalue weighted by Gasteiger charge is -2.41. The van der Waals surface area contributed by atoms with E-state index in [1.165, 1.54) is 11.1 Å². The predicted octanol–water partition coefficient (Wildman–Crippen LogP) is 3.68. The molecule has 0 radical (unpaired) electrons. The van der Waals surface area contributed by atoms with Gasteiger partial charge in [0, 0.05) is 37.8 Å². The first-order valence-electron chi connectivity index (χ1n) is 13.7. The molecule has 1 amide bonds. The Bertz CT molecular complexity index is 1560. The maximum atomic E-state index is 13.4. The summed E-state index contributed by atoms with van der Waals surface area (Å²) in [5.74, 6) is -0.630. The molecule has 5 rings (SSSR count). The second-order valence-corrected chi connectivity index (χ2v) is 13.7. The van der Waals surface area contributed by atoms with Crippen molar-refractivity contribution in [2.75, 3.05) is 6.54 Å². The zero-order valence-electron chi connectivity index (χ0n) is 23.5. The molecule has 0 fully saturated rings. The fourth-order valence-electron chi connectivity index (χ4n) is 5.50. The summed E-state index contributed by atoms with van der Waals surface area (Å²) in [6.45, 7) is 6.91. The van der Waals surface area contributed by atoms with E-state index in [0.717, 1.165) is 54.2 Å². The third kappa shape index (κ3) is 5.82. The SMILES string of the molecule is CC(C)(C)C(N)N1C=CC2=C(C1)C(n1cc(CC3C(=O)NC=CN3S(=O)(=O)c3cccc(C(F)(F)F)c3)nn1)CCC2. The van der Waals surface area contributed by atoms with Crippen molar-refractivity contribution in [3.05, 3.63) is 77.5 Å². The zero-order chi connectivity index (χ0) is 30.4. The number of nitrogens with two attached hydrogens (primary N) is 1. The van der Waals surface area contributed by atoms with E-state index in [2.05, 4.69) is 47.4 Å². The summed E-state index contributed by atoms with van der Waals surface area (Å²) in [6.07, 6.45) is 5.79. The van der Waals surface area contributed by atoms with Crippen LogP contribution in [0.25, 0.3) is 0 Å². The molecule has 0 saturated carbocycles. The molecule has 0 spiro atoms. The van der Waals surface area contributed by atoms with Crippen molar-refractivity contribution < 1.29 is 26.4 Å². The Kier molecular flexibility index (Phi) is 7.73. The molecule has 14 heteroatoms. The van der Waals surface area contributed by atoms with Crippen LogP contribution in [0.4, 0.5) is 13.2 Å². The van der Waals surface area contributed by atoms with Crippen LogP contribution in [0.2, 0.25) is 0 Å². The molecule has 2 aromatic rings. The van der Waals surface area contributed by atoms with Crippen LogP contribution < -0.4 is 11.1 Å². The number of carbonyl (C=O) groups is 1. The third-order valence-electron chi connectivity index (χ3n) is 7.88. The van der Waals surface area contributed by atoms with Gasteiger partial charge in [-0.05, 0) is 60.1 Å². The molecule has 3 atom stereocenters. The number of carbonyl (C=O) groups excluding carboxylic acids is 1. The van der Waals surface area contributed by atoms with Crippen LogP contribution in [-0.2, 0) is 27.4 Å². The molecule has 3 N–H and O–H groups in total. The number of sulfonamides is 1. The maximum absolute atomic E-state index is 13.4. The van der Waals surface area contributed by atoms with Gasteiger partial charge >= 0.3 is 6.18 Å². The first-order valence-corrected chi connectivity index (χ1v) is 15.1. The summed E-state index contributed by atoms with van der Waals surface area (Å²) in [5, 5.41) is 11.1. The summed E-state index contributed by atoms with van der Waals surface area (Å²) in [5.41, 5.74) is 8.09. The summed E-state index contributed by atoms with van der Waals surface area (Å²) < 4.78 is 69.2. The Labute approximate surface area is 242 Å². The largest absolute Gasteiger partial charge is 0.416 e. The summed E-state index contributed by atoms with van der Waals surface area (Å²) in [7, 11) is -4.50. The van der Waals surface area contributed by atoms with Gasteiger partial charge < -0.3 is 16.0 Å². The van der Waals surface area contributed by atoms with E-state index in [1.54, 1.807) is 10.9 Å². The Hall–Kier alpha value is -3.65. The lowest BCUT2D eigenvalue weighted by molar-refractivity contribution is -0.137. The Balaban J connectivity index is 1.39. The fraction of sp³-hybridized carbons (Fsp3) is 0.464. The fourth-order valence-corrected chi connectivity index (χ4v) is 6.99. The van der Waals surface area contributed by atoms with Gasteiger partial charge in [-0.2, -0.15) is 13.2 Å². The highest BCUT2D eigenvalue weighted by atomic mass is 32.2. The molecule has 3 aliphatic rings. The van der Waals surface area contributed by atoms with E-state index < -0.39 is 38.6 Å². The highest BCUT2D eigenvalue weighted by molar-refractivity contribution is 7.89. The predicted molar refractivity (Wildman–Crippen MR) is 148 cm³/mol. The van der Waals surface area contributed by atoms with Crippen molar-refractivity contribution in [3.8, 4) is 0 Å². The van der Waals surface area contributed by atoms with Crippen molar-refractivity contribution in [3.63, 3.8) is 0 Å². The number of benzene rings is 1. The molecular formula is C28H34F3N7O3S. The molecule has 3 unspecified atom stereocenters. The highest BCUT2D eigenvalue weighted by Gasteiger charge is 2.39. The minimum Gasteiger partial charge on any atom is -0.358 e. The van der Waals surface area contributed by atoms with Crippen LogP contribution in [0.5, 0.6) is 0 Å². The molecule has 0 bridgehead atoms. The molecule has 2 aliphatic heterocycles. The van der Waals surface area contributed by atoms with E-state index in [4.69, 9.17) is 5.73 Å². The van der Waals surface area contributed by atoms with E-state index >= 15 is 0 Å². The van der Waals surface area contributed by atoms with E-state index in [9.17, 15) is 26.4 Å². The first-order chi connectivity index (χ1) is 19.7. The second-order valence-electron chi connectivity index (χ2n) is 11.9. The van der Waals surface area contributed by atoms with Crippen molar-refractivity contribution in [2.24, 2.45) is 11.1 Å². The number of aromatic nitrogens is 3. The topological polar surface area (TPSA) is 126 Å². The van der Waals surface area contributed by atoms with Gasteiger partial charge in [-0.1, -0.05) is 32.1 Å². The number of nitrogens with one attached hydrogen (secondary N) is 1. The smallest absolute Gasteiger partial charge is 0.358 e. The van der Waals surface area contributed by atoms with Crippen LogP contribution in [0.3, 0.4) is 0 Å². The molecule has 1 aliphatic carbocycles. The summed E-state index contributed by atoms with van der Waals surface area (Å²) >= 11 is 0. The molecule has 3 heterocycles. The molecular weight excluding hydrogens is 571 g/mol. The minimum atomic E-state index is -4.73. The van der Waals surface area contributed by atoms with E-state index in [1.807, 2.05) is 6.20 Å². The molecule has 226 valence electrons. The standard InChI is InChI=1S/C28H34F3N7O3S/c1-27(2,3)26(32)36-12-10-18-6-4-9-23(22(18)17-36)37-16-20(34-35-37)15-24-25(39)33-11-13-38(24)42(40,41)21-8-5-7-19(14-21)28(29,30)31/h5,7-8,10-14,16,23-24,26H,4,6,9,15,17,32H2,1-3H3,(H,33,39). The van der Waals surface area contributed by atoms with Crippen molar-refractivity contribution in [1.82, 2.24) is 29.5 Å². The van der Waals surface area contributed by atoms with Crippen molar-refractivity contribution in [1.29, 1.82) is 0 Å². The Morgan fingerprint density at radius 1 is 1.19 bits per heavy atom. The number of hydrogen-bond donors (Lipinski definition) is 2. The first kappa shape index (κ1) is 29.8. The van der Waals surface area contributed by atoms with Crippen LogP contribution in [0.1, 0.15) is 57.3 Å². The van der Waals surface area contributed by atoms with Gasteiger partial charge in [0.05, 0.1) is 28.4 Å². The zero-order valence-corrected chi connectivity index (χ0v) is 24.4.